The molecule has 98 valence electrons. The summed E-state index contributed by atoms with van der Waals surface area (Å²) in [6, 6.07) is 7.87. The zero-order valence-electron chi connectivity index (χ0n) is 11.1. The number of likely N-dealkylation sites (tertiary alicyclic amines) is 1. The monoisotopic (exact) mass is 247 g/mol. The molecule has 0 radical (unpaired) electrons. The van der Waals surface area contributed by atoms with Crippen molar-refractivity contribution in [3.05, 3.63) is 35.4 Å². The highest BCUT2D eigenvalue weighted by Crippen LogP contribution is 2.30. The van der Waals surface area contributed by atoms with Crippen molar-refractivity contribution in [3.63, 3.8) is 0 Å². The molecule has 2 rings (SSSR count). The molecular weight excluding hydrogens is 226 g/mol. The van der Waals surface area contributed by atoms with Crippen LogP contribution in [0.5, 0.6) is 0 Å². The molecule has 0 amide bonds. The van der Waals surface area contributed by atoms with E-state index in [2.05, 4.69) is 18.7 Å². The van der Waals surface area contributed by atoms with Crippen LogP contribution in [0.15, 0.2) is 24.3 Å². The minimum atomic E-state index is -0.761. The Labute approximate surface area is 108 Å². The molecule has 1 saturated heterocycles. The molecule has 0 spiro atoms. The highest BCUT2D eigenvalue weighted by atomic mass is 16.4. The summed E-state index contributed by atoms with van der Waals surface area (Å²) in [5.41, 5.74) is 2.32. The number of carbonyl (C=O) groups is 1. The number of nitrogens with zero attached hydrogens (tertiary/aromatic N) is 1. The third kappa shape index (κ3) is 2.91. The van der Waals surface area contributed by atoms with Crippen LogP contribution < -0.4 is 0 Å². The summed E-state index contributed by atoms with van der Waals surface area (Å²) in [7, 11) is 0. The van der Waals surface area contributed by atoms with Gasteiger partial charge in [0.05, 0.1) is 6.42 Å². The summed E-state index contributed by atoms with van der Waals surface area (Å²) in [6.45, 7) is 6.49. The van der Waals surface area contributed by atoms with Crippen LogP contribution in [0.4, 0.5) is 0 Å². The van der Waals surface area contributed by atoms with E-state index >= 15 is 0 Å². The molecule has 1 aromatic rings. The molecule has 3 heteroatoms. The number of carboxylic acid groups (broad SMARTS) is 1. The van der Waals surface area contributed by atoms with E-state index in [4.69, 9.17) is 5.11 Å². The average Bonchev–Trinajstić information content (AvgIpc) is 2.60. The largest absolute Gasteiger partial charge is 0.481 e. The normalized spacial score (nSPS) is 19.0. The summed E-state index contributed by atoms with van der Waals surface area (Å²) in [4.78, 5) is 13.3. The number of hydrogen-bond acceptors (Lipinski definition) is 2. The van der Waals surface area contributed by atoms with Crippen LogP contribution in [0.25, 0.3) is 0 Å². The first-order valence-corrected chi connectivity index (χ1v) is 6.53. The molecule has 0 bridgehead atoms. The van der Waals surface area contributed by atoms with Crippen molar-refractivity contribution < 1.29 is 9.90 Å². The van der Waals surface area contributed by atoms with Crippen LogP contribution in [0.3, 0.4) is 0 Å². The van der Waals surface area contributed by atoms with Crippen LogP contribution in [-0.4, -0.2) is 28.1 Å². The van der Waals surface area contributed by atoms with E-state index in [-0.39, 0.29) is 12.0 Å². The summed E-state index contributed by atoms with van der Waals surface area (Å²) in [5, 5.41) is 8.94. The number of benzene rings is 1. The van der Waals surface area contributed by atoms with Crippen molar-refractivity contribution in [1.82, 2.24) is 4.90 Å². The SMILES string of the molecule is CC1(C)CCCN1Cc1ccccc1CC(=O)O. The van der Waals surface area contributed by atoms with Gasteiger partial charge in [-0.25, -0.2) is 0 Å². The van der Waals surface area contributed by atoms with Gasteiger partial charge in [-0.3, -0.25) is 9.69 Å². The zero-order valence-corrected chi connectivity index (χ0v) is 11.1. The van der Waals surface area contributed by atoms with Crippen molar-refractivity contribution in [2.45, 2.75) is 45.2 Å². The van der Waals surface area contributed by atoms with Gasteiger partial charge in [0.2, 0.25) is 0 Å². The van der Waals surface area contributed by atoms with Crippen LogP contribution >= 0.6 is 0 Å². The van der Waals surface area contributed by atoms with Gasteiger partial charge in [0.1, 0.15) is 0 Å². The van der Waals surface area contributed by atoms with Gasteiger partial charge in [0, 0.05) is 12.1 Å². The highest BCUT2D eigenvalue weighted by molar-refractivity contribution is 5.70. The van der Waals surface area contributed by atoms with Crippen LogP contribution in [0.1, 0.15) is 37.8 Å². The Balaban J connectivity index is 2.16. The van der Waals surface area contributed by atoms with Gasteiger partial charge in [-0.2, -0.15) is 0 Å². The maximum absolute atomic E-state index is 10.9. The highest BCUT2D eigenvalue weighted by Gasteiger charge is 2.31. The first-order valence-electron chi connectivity index (χ1n) is 6.53. The molecule has 1 aliphatic heterocycles. The summed E-state index contributed by atoms with van der Waals surface area (Å²) >= 11 is 0. The quantitative estimate of drug-likeness (QED) is 0.889. The van der Waals surface area contributed by atoms with Gasteiger partial charge in [0.15, 0.2) is 0 Å². The Morgan fingerprint density at radius 2 is 2.00 bits per heavy atom. The molecule has 1 heterocycles. The Kier molecular flexibility index (Phi) is 3.71. The molecule has 0 atom stereocenters. The third-order valence-corrected chi connectivity index (χ3v) is 3.89. The Morgan fingerprint density at radius 3 is 2.56 bits per heavy atom. The van der Waals surface area contributed by atoms with Crippen LogP contribution in [-0.2, 0) is 17.8 Å². The fourth-order valence-corrected chi connectivity index (χ4v) is 2.71. The van der Waals surface area contributed by atoms with E-state index in [1.807, 2.05) is 24.3 Å². The second-order valence-corrected chi connectivity index (χ2v) is 5.68. The van der Waals surface area contributed by atoms with E-state index in [0.29, 0.717) is 0 Å². The summed E-state index contributed by atoms with van der Waals surface area (Å²) in [5.74, 6) is -0.761. The molecule has 1 fully saturated rings. The lowest BCUT2D eigenvalue weighted by Gasteiger charge is -2.32. The van der Waals surface area contributed by atoms with Gasteiger partial charge in [0.25, 0.3) is 0 Å². The lowest BCUT2D eigenvalue weighted by molar-refractivity contribution is -0.136. The minimum absolute atomic E-state index is 0.116. The van der Waals surface area contributed by atoms with Crippen molar-refractivity contribution in [3.8, 4) is 0 Å². The van der Waals surface area contributed by atoms with Crippen LogP contribution in [0, 0.1) is 0 Å². The lowest BCUT2D eigenvalue weighted by atomic mass is 9.99. The summed E-state index contributed by atoms with van der Waals surface area (Å²) in [6.07, 6.45) is 2.56. The van der Waals surface area contributed by atoms with Crippen molar-refractivity contribution in [1.29, 1.82) is 0 Å². The molecular formula is C15H21NO2. The number of rotatable bonds is 4. The van der Waals surface area contributed by atoms with Gasteiger partial charge >= 0.3 is 5.97 Å². The maximum Gasteiger partial charge on any atom is 0.307 e. The minimum Gasteiger partial charge on any atom is -0.481 e. The van der Waals surface area contributed by atoms with Gasteiger partial charge in [-0.1, -0.05) is 24.3 Å². The van der Waals surface area contributed by atoms with E-state index in [1.54, 1.807) is 0 Å². The van der Waals surface area contributed by atoms with E-state index < -0.39 is 5.97 Å². The molecule has 0 aliphatic carbocycles. The Bertz CT molecular complexity index is 440. The van der Waals surface area contributed by atoms with Crippen molar-refractivity contribution >= 4 is 5.97 Å². The predicted octanol–water partition coefficient (Wildman–Crippen LogP) is 2.69. The molecule has 18 heavy (non-hydrogen) atoms. The average molecular weight is 247 g/mol. The standard InChI is InChI=1S/C15H21NO2/c1-15(2)8-5-9-16(15)11-13-7-4-3-6-12(13)10-14(17)18/h3-4,6-7H,5,8-11H2,1-2H3,(H,17,18). The number of aliphatic carboxylic acids is 1. The fraction of sp³-hybridized carbons (Fsp3) is 0.533. The molecule has 1 aliphatic rings. The van der Waals surface area contributed by atoms with Crippen LogP contribution in [0.2, 0.25) is 0 Å². The van der Waals surface area contributed by atoms with Gasteiger partial charge < -0.3 is 5.11 Å². The topological polar surface area (TPSA) is 40.5 Å². The van der Waals surface area contributed by atoms with Gasteiger partial charge in [-0.15, -0.1) is 0 Å². The second kappa shape index (κ2) is 5.11. The smallest absolute Gasteiger partial charge is 0.307 e. The molecule has 0 aromatic heterocycles. The third-order valence-electron chi connectivity index (χ3n) is 3.89. The molecule has 0 saturated carbocycles. The molecule has 1 N–H and O–H groups in total. The van der Waals surface area contributed by atoms with E-state index in [9.17, 15) is 4.79 Å². The van der Waals surface area contributed by atoms with Crippen molar-refractivity contribution in [2.75, 3.05) is 6.54 Å². The molecule has 0 unspecified atom stereocenters. The Morgan fingerprint density at radius 1 is 1.33 bits per heavy atom. The van der Waals surface area contributed by atoms with Gasteiger partial charge in [-0.05, 0) is 44.4 Å². The van der Waals surface area contributed by atoms with E-state index in [1.165, 1.54) is 12.8 Å². The fourth-order valence-electron chi connectivity index (χ4n) is 2.71. The second-order valence-electron chi connectivity index (χ2n) is 5.68. The van der Waals surface area contributed by atoms with E-state index in [0.717, 1.165) is 24.2 Å². The molecule has 1 aromatic carbocycles. The maximum atomic E-state index is 10.9. The molecule has 3 nitrogen and oxygen atoms in total. The van der Waals surface area contributed by atoms with Crippen molar-refractivity contribution in [2.24, 2.45) is 0 Å². The first-order chi connectivity index (χ1) is 8.49. The summed E-state index contributed by atoms with van der Waals surface area (Å²) < 4.78 is 0. The Hall–Kier alpha value is -1.35. The predicted molar refractivity (Wildman–Crippen MR) is 71.5 cm³/mol. The number of hydrogen-bond donors (Lipinski definition) is 1. The first kappa shape index (κ1) is 13.1. The lowest BCUT2D eigenvalue weighted by Crippen LogP contribution is -2.37. The number of carboxylic acids is 1. The zero-order chi connectivity index (χ0) is 13.2.